The van der Waals surface area contributed by atoms with Crippen molar-refractivity contribution in [2.45, 2.75) is 19.6 Å². The van der Waals surface area contributed by atoms with Crippen LogP contribution in [0.2, 0.25) is 0 Å². The van der Waals surface area contributed by atoms with Crippen LogP contribution in [0, 0.1) is 6.92 Å². The van der Waals surface area contributed by atoms with Crippen molar-refractivity contribution < 1.29 is 28.5 Å². The van der Waals surface area contributed by atoms with Crippen LogP contribution in [-0.4, -0.2) is 54.1 Å². The number of ether oxygens (including phenoxy) is 1. The van der Waals surface area contributed by atoms with Crippen LogP contribution >= 0.6 is 0 Å². The number of rotatable bonds is 6. The minimum atomic E-state index is -2.91. The maximum absolute atomic E-state index is 12.1. The molecule has 1 atom stereocenters. The summed E-state index contributed by atoms with van der Waals surface area (Å²) in [7, 11) is 1.46. The lowest BCUT2D eigenvalue weighted by Gasteiger charge is -2.21. The molecular weight excluding hydrogens is 286 g/mol. The van der Waals surface area contributed by atoms with E-state index in [1.165, 1.54) is 30.1 Å². The highest BCUT2D eigenvalue weighted by atomic mass is 19.3. The van der Waals surface area contributed by atoms with E-state index in [1.807, 2.05) is 0 Å². The summed E-state index contributed by atoms with van der Waals surface area (Å²) >= 11 is 0. The fourth-order valence-electron chi connectivity index (χ4n) is 1.62. The number of aliphatic hydroxyl groups excluding tert-OH is 2. The van der Waals surface area contributed by atoms with E-state index in [4.69, 9.17) is 5.11 Å². The molecule has 1 aromatic rings. The molecule has 0 aromatic heterocycles. The van der Waals surface area contributed by atoms with Crippen molar-refractivity contribution in [3.63, 3.8) is 0 Å². The molecule has 6 nitrogen and oxygen atoms in total. The molecule has 21 heavy (non-hydrogen) atoms. The first-order valence-corrected chi connectivity index (χ1v) is 6.20. The van der Waals surface area contributed by atoms with Crippen molar-refractivity contribution >= 4 is 11.7 Å². The van der Waals surface area contributed by atoms with Gasteiger partial charge in [0.05, 0.1) is 19.3 Å². The maximum atomic E-state index is 12.1. The van der Waals surface area contributed by atoms with Gasteiger partial charge in [-0.15, -0.1) is 0 Å². The highest BCUT2D eigenvalue weighted by Crippen LogP contribution is 2.22. The number of hydrogen-bond acceptors (Lipinski definition) is 4. The fraction of sp³-hybridized carbons (Fsp3) is 0.462. The van der Waals surface area contributed by atoms with Crippen molar-refractivity contribution in [1.29, 1.82) is 0 Å². The molecule has 0 bridgehead atoms. The molecule has 1 aromatic carbocycles. The summed E-state index contributed by atoms with van der Waals surface area (Å²) in [5.74, 6) is 0.00422. The number of nitrogens with zero attached hydrogens (tertiary/aromatic N) is 1. The first-order valence-electron chi connectivity index (χ1n) is 6.20. The number of hydrogen-bond donors (Lipinski definition) is 3. The number of aryl methyl sites for hydroxylation is 1. The molecule has 0 aliphatic heterocycles. The number of amides is 2. The van der Waals surface area contributed by atoms with E-state index in [2.05, 4.69) is 10.1 Å². The van der Waals surface area contributed by atoms with Gasteiger partial charge in [-0.3, -0.25) is 0 Å². The number of carbonyl (C=O) groups is 1. The van der Waals surface area contributed by atoms with Crippen molar-refractivity contribution in [2.24, 2.45) is 0 Å². The molecular formula is C13H18F2N2O4. The van der Waals surface area contributed by atoms with Crippen LogP contribution in [0.4, 0.5) is 19.3 Å². The molecule has 3 N–H and O–H groups in total. The van der Waals surface area contributed by atoms with Crippen LogP contribution in [0.15, 0.2) is 18.2 Å². The predicted octanol–water partition coefficient (Wildman–Crippen LogP) is 1.41. The molecule has 0 saturated heterocycles. The van der Waals surface area contributed by atoms with Crippen molar-refractivity contribution in [3.05, 3.63) is 23.8 Å². The monoisotopic (exact) mass is 304 g/mol. The predicted molar refractivity (Wildman–Crippen MR) is 72.6 cm³/mol. The molecule has 1 rings (SSSR count). The first-order chi connectivity index (χ1) is 9.83. The Morgan fingerprint density at radius 3 is 2.67 bits per heavy atom. The topological polar surface area (TPSA) is 82.0 Å². The Bertz CT molecular complexity index is 485. The number of nitrogens with one attached hydrogen (secondary N) is 1. The molecule has 0 saturated carbocycles. The summed E-state index contributed by atoms with van der Waals surface area (Å²) in [4.78, 5) is 13.0. The lowest BCUT2D eigenvalue weighted by atomic mass is 10.2. The molecule has 2 amide bonds. The molecule has 0 fully saturated rings. The van der Waals surface area contributed by atoms with E-state index in [-0.39, 0.29) is 12.3 Å². The van der Waals surface area contributed by atoms with Gasteiger partial charge in [0.2, 0.25) is 0 Å². The summed E-state index contributed by atoms with van der Waals surface area (Å²) in [6, 6.07) is 3.65. The summed E-state index contributed by atoms with van der Waals surface area (Å²) < 4.78 is 28.4. The number of alkyl halides is 2. The minimum absolute atomic E-state index is 0.00422. The summed E-state index contributed by atoms with van der Waals surface area (Å²) in [5.41, 5.74) is 0.990. The summed E-state index contributed by atoms with van der Waals surface area (Å²) in [5, 5.41) is 20.5. The second-order valence-electron chi connectivity index (χ2n) is 4.50. The molecule has 0 aliphatic rings. The van der Waals surface area contributed by atoms with Gasteiger partial charge in [-0.25, -0.2) is 4.79 Å². The second kappa shape index (κ2) is 7.75. The third-order valence-electron chi connectivity index (χ3n) is 2.71. The quantitative estimate of drug-likeness (QED) is 0.742. The summed E-state index contributed by atoms with van der Waals surface area (Å²) in [6.45, 7) is -1.75. The van der Waals surface area contributed by atoms with Crippen LogP contribution in [0.25, 0.3) is 0 Å². The number of urea groups is 1. The Labute approximate surface area is 120 Å². The number of halogens is 2. The molecule has 118 valence electrons. The number of aliphatic hydroxyl groups is 2. The summed E-state index contributed by atoms with van der Waals surface area (Å²) in [6.07, 6.45) is -1.02. The van der Waals surface area contributed by atoms with Crippen molar-refractivity contribution in [2.75, 3.05) is 25.5 Å². The fourth-order valence-corrected chi connectivity index (χ4v) is 1.62. The molecule has 0 aliphatic carbocycles. The number of anilines is 1. The largest absolute Gasteiger partial charge is 0.435 e. The van der Waals surface area contributed by atoms with Crippen LogP contribution in [0.1, 0.15) is 5.56 Å². The molecule has 0 unspecified atom stereocenters. The van der Waals surface area contributed by atoms with E-state index in [0.717, 1.165) is 0 Å². The van der Waals surface area contributed by atoms with E-state index >= 15 is 0 Å². The Hall–Kier alpha value is -1.93. The number of carbonyl (C=O) groups excluding carboxylic acids is 1. The van der Waals surface area contributed by atoms with Crippen molar-refractivity contribution in [1.82, 2.24) is 4.90 Å². The third kappa shape index (κ3) is 5.52. The molecule has 0 radical (unpaired) electrons. The van der Waals surface area contributed by atoms with Crippen LogP contribution < -0.4 is 10.1 Å². The SMILES string of the molecule is Cc1cc(OC(F)F)ccc1NC(=O)N(C)C[C@H](O)CO. The van der Waals surface area contributed by atoms with Gasteiger partial charge in [-0.1, -0.05) is 0 Å². The van der Waals surface area contributed by atoms with Gasteiger partial charge in [-0.2, -0.15) is 8.78 Å². The van der Waals surface area contributed by atoms with E-state index in [1.54, 1.807) is 6.92 Å². The average Bonchev–Trinajstić information content (AvgIpc) is 2.40. The van der Waals surface area contributed by atoms with Gasteiger partial charge in [0.25, 0.3) is 0 Å². The normalized spacial score (nSPS) is 12.1. The Morgan fingerprint density at radius 2 is 2.14 bits per heavy atom. The molecule has 0 spiro atoms. The third-order valence-corrected chi connectivity index (χ3v) is 2.71. The van der Waals surface area contributed by atoms with E-state index in [9.17, 15) is 18.7 Å². The average molecular weight is 304 g/mol. The molecule has 8 heteroatoms. The van der Waals surface area contributed by atoms with Gasteiger partial charge in [0, 0.05) is 12.7 Å². The first kappa shape index (κ1) is 17.1. The van der Waals surface area contributed by atoms with Gasteiger partial charge in [0.15, 0.2) is 0 Å². The van der Waals surface area contributed by atoms with Crippen LogP contribution in [0.3, 0.4) is 0 Å². The highest BCUT2D eigenvalue weighted by molar-refractivity contribution is 5.90. The Morgan fingerprint density at radius 1 is 1.48 bits per heavy atom. The standard InChI is InChI=1S/C13H18F2N2O4/c1-8-5-10(21-12(14)15)3-4-11(8)16-13(20)17(2)6-9(19)7-18/h3-5,9,12,18-19H,6-7H2,1-2H3,(H,16,20)/t9-/m0/s1. The maximum Gasteiger partial charge on any atom is 0.387 e. The Kier molecular flexibility index (Phi) is 6.32. The smallest absolute Gasteiger partial charge is 0.387 e. The number of benzene rings is 1. The minimum Gasteiger partial charge on any atom is -0.435 e. The van der Waals surface area contributed by atoms with Gasteiger partial charge in [-0.05, 0) is 30.7 Å². The zero-order chi connectivity index (χ0) is 16.0. The lowest BCUT2D eigenvalue weighted by molar-refractivity contribution is -0.0498. The van der Waals surface area contributed by atoms with Gasteiger partial charge >= 0.3 is 12.6 Å². The zero-order valence-electron chi connectivity index (χ0n) is 11.7. The van der Waals surface area contributed by atoms with Crippen LogP contribution in [-0.2, 0) is 0 Å². The second-order valence-corrected chi connectivity index (χ2v) is 4.50. The molecule has 0 heterocycles. The van der Waals surface area contributed by atoms with Crippen LogP contribution in [0.5, 0.6) is 5.75 Å². The number of likely N-dealkylation sites (N-methyl/N-ethyl adjacent to an activating group) is 1. The Balaban J connectivity index is 2.68. The lowest BCUT2D eigenvalue weighted by Crippen LogP contribution is -2.38. The van der Waals surface area contributed by atoms with Crippen molar-refractivity contribution in [3.8, 4) is 5.75 Å². The zero-order valence-corrected chi connectivity index (χ0v) is 11.7. The van der Waals surface area contributed by atoms with Gasteiger partial charge < -0.3 is 25.2 Å². The highest BCUT2D eigenvalue weighted by Gasteiger charge is 2.14. The van der Waals surface area contributed by atoms with E-state index < -0.39 is 25.4 Å². The van der Waals surface area contributed by atoms with E-state index in [0.29, 0.717) is 11.3 Å². The van der Waals surface area contributed by atoms with Gasteiger partial charge in [0.1, 0.15) is 5.75 Å².